The molecule has 9 nitrogen and oxygen atoms in total. The van der Waals surface area contributed by atoms with Crippen LogP contribution in [-0.4, -0.2) is 70.8 Å². The van der Waals surface area contributed by atoms with Gasteiger partial charge in [0.15, 0.2) is 11.5 Å². The summed E-state index contributed by atoms with van der Waals surface area (Å²) in [6, 6.07) is 3.38. The minimum absolute atomic E-state index is 0.304. The third kappa shape index (κ3) is 4.68. The number of aromatic nitrogens is 1. The third-order valence-electron chi connectivity index (χ3n) is 4.38. The maximum absolute atomic E-state index is 12.5. The number of carbonyl (C=O) groups is 1. The fourth-order valence-electron chi connectivity index (χ4n) is 2.97. The number of carbonyl (C=O) groups excluding carboxylic acids is 1. The number of ether oxygens (including phenoxy) is 3. The number of methoxy groups -OCH3 is 3. The van der Waals surface area contributed by atoms with Crippen LogP contribution >= 0.6 is 0 Å². The van der Waals surface area contributed by atoms with E-state index in [0.29, 0.717) is 59.9 Å². The molecule has 2 N–H and O–H groups in total. The molecule has 0 atom stereocenters. The number of aromatic amines is 1. The number of sulfonamides is 1. The van der Waals surface area contributed by atoms with E-state index in [0.717, 1.165) is 0 Å². The van der Waals surface area contributed by atoms with Crippen LogP contribution in [0.2, 0.25) is 0 Å². The summed E-state index contributed by atoms with van der Waals surface area (Å²) in [5.41, 5.74) is 0.938. The second kappa shape index (κ2) is 9.16. The highest BCUT2D eigenvalue weighted by atomic mass is 32.2. The van der Waals surface area contributed by atoms with Crippen molar-refractivity contribution in [2.75, 3.05) is 47.2 Å². The summed E-state index contributed by atoms with van der Waals surface area (Å²) in [4.78, 5) is 15.5. The highest BCUT2D eigenvalue weighted by Gasteiger charge is 2.19. The zero-order valence-corrected chi connectivity index (χ0v) is 17.6. The summed E-state index contributed by atoms with van der Waals surface area (Å²) in [6.45, 7) is 2.87. The highest BCUT2D eigenvalue weighted by molar-refractivity contribution is 7.88. The summed E-state index contributed by atoms with van der Waals surface area (Å²) >= 11 is 0. The Bertz CT molecular complexity index is 938. The van der Waals surface area contributed by atoms with E-state index >= 15 is 0 Å². The smallest absolute Gasteiger partial charge is 0.267 e. The van der Waals surface area contributed by atoms with Crippen molar-refractivity contribution in [3.8, 4) is 17.2 Å². The summed E-state index contributed by atoms with van der Waals surface area (Å²) in [6.07, 6.45) is 1.68. The number of hydrogen-bond donors (Lipinski definition) is 2. The quantitative estimate of drug-likeness (QED) is 0.573. The number of amides is 1. The maximum Gasteiger partial charge on any atom is 0.267 e. The van der Waals surface area contributed by atoms with E-state index in [2.05, 4.69) is 10.3 Å². The lowest BCUT2D eigenvalue weighted by atomic mass is 10.2. The molecule has 2 aromatic rings. The Morgan fingerprint density at radius 1 is 1.14 bits per heavy atom. The van der Waals surface area contributed by atoms with Crippen LogP contribution in [0.25, 0.3) is 10.9 Å². The molecule has 10 heteroatoms. The van der Waals surface area contributed by atoms with Gasteiger partial charge in [-0.2, -0.15) is 0 Å². The molecule has 1 aromatic heterocycles. The second-order valence-corrected chi connectivity index (χ2v) is 8.13. The molecule has 1 amide bonds. The van der Waals surface area contributed by atoms with Gasteiger partial charge in [-0.3, -0.25) is 4.79 Å². The van der Waals surface area contributed by atoms with Gasteiger partial charge in [0.05, 0.1) is 33.1 Å². The largest absolute Gasteiger partial charge is 0.496 e. The normalized spacial score (nSPS) is 11.6. The predicted molar refractivity (Wildman–Crippen MR) is 107 cm³/mol. The zero-order valence-electron chi connectivity index (χ0n) is 16.8. The Hall–Kier alpha value is -2.46. The fourth-order valence-corrected chi connectivity index (χ4v) is 3.90. The minimum atomic E-state index is -3.23. The molecule has 156 valence electrons. The first-order chi connectivity index (χ1) is 13.3. The van der Waals surface area contributed by atoms with Crippen LogP contribution in [0.1, 0.15) is 23.8 Å². The average Bonchev–Trinajstić information content (AvgIpc) is 3.10. The highest BCUT2D eigenvalue weighted by Crippen LogP contribution is 2.41. The zero-order chi connectivity index (χ0) is 20.9. The van der Waals surface area contributed by atoms with Crippen molar-refractivity contribution in [2.45, 2.75) is 13.3 Å². The van der Waals surface area contributed by atoms with Crippen LogP contribution in [0.4, 0.5) is 0 Å². The van der Waals surface area contributed by atoms with E-state index in [1.807, 2.05) is 0 Å². The van der Waals surface area contributed by atoms with Crippen molar-refractivity contribution in [2.24, 2.45) is 0 Å². The molecule has 0 aliphatic rings. The van der Waals surface area contributed by atoms with Gasteiger partial charge in [-0.1, -0.05) is 6.92 Å². The molecule has 0 aliphatic carbocycles. The number of nitrogens with zero attached hydrogens (tertiary/aromatic N) is 1. The van der Waals surface area contributed by atoms with Gasteiger partial charge in [0, 0.05) is 31.1 Å². The van der Waals surface area contributed by atoms with Crippen molar-refractivity contribution < 1.29 is 27.4 Å². The van der Waals surface area contributed by atoms with Crippen molar-refractivity contribution in [3.63, 3.8) is 0 Å². The topological polar surface area (TPSA) is 110 Å². The first-order valence-electron chi connectivity index (χ1n) is 8.81. The molecule has 0 saturated heterocycles. The molecule has 1 aromatic carbocycles. The number of hydrogen-bond acceptors (Lipinski definition) is 6. The lowest BCUT2D eigenvalue weighted by molar-refractivity contribution is 0.0948. The maximum atomic E-state index is 12.5. The van der Waals surface area contributed by atoms with Gasteiger partial charge in [-0.15, -0.1) is 0 Å². The van der Waals surface area contributed by atoms with Crippen molar-refractivity contribution in [1.29, 1.82) is 0 Å². The lowest BCUT2D eigenvalue weighted by Crippen LogP contribution is -2.33. The van der Waals surface area contributed by atoms with E-state index < -0.39 is 10.0 Å². The van der Waals surface area contributed by atoms with Crippen molar-refractivity contribution in [1.82, 2.24) is 14.6 Å². The van der Waals surface area contributed by atoms with Gasteiger partial charge in [0.25, 0.3) is 5.91 Å². The summed E-state index contributed by atoms with van der Waals surface area (Å²) < 4.78 is 40.6. The van der Waals surface area contributed by atoms with E-state index in [9.17, 15) is 13.2 Å². The Kier molecular flexibility index (Phi) is 7.14. The molecule has 0 saturated carbocycles. The van der Waals surface area contributed by atoms with Crippen LogP contribution in [-0.2, 0) is 10.0 Å². The number of rotatable bonds is 10. The predicted octanol–water partition coefficient (Wildman–Crippen LogP) is 1.60. The summed E-state index contributed by atoms with van der Waals surface area (Å²) in [7, 11) is 1.35. The number of nitrogens with one attached hydrogen (secondary N) is 2. The first kappa shape index (κ1) is 21.8. The summed E-state index contributed by atoms with van der Waals surface area (Å²) in [5.74, 6) is 1.21. The second-order valence-electron chi connectivity index (χ2n) is 6.15. The van der Waals surface area contributed by atoms with E-state index in [1.54, 1.807) is 19.1 Å². The molecule has 0 fully saturated rings. The molecule has 0 unspecified atom stereocenters. The minimum Gasteiger partial charge on any atom is -0.496 e. The molecule has 0 spiro atoms. The van der Waals surface area contributed by atoms with Crippen LogP contribution in [0.3, 0.4) is 0 Å². The molecule has 1 heterocycles. The number of fused-ring (bicyclic) bond motifs is 1. The summed E-state index contributed by atoms with van der Waals surface area (Å²) in [5, 5.41) is 3.48. The van der Waals surface area contributed by atoms with Gasteiger partial charge in [-0.25, -0.2) is 12.7 Å². The van der Waals surface area contributed by atoms with Crippen molar-refractivity contribution >= 4 is 26.8 Å². The van der Waals surface area contributed by atoms with Gasteiger partial charge in [-0.05, 0) is 12.5 Å². The monoisotopic (exact) mass is 413 g/mol. The Morgan fingerprint density at radius 2 is 1.82 bits per heavy atom. The first-order valence-corrected chi connectivity index (χ1v) is 10.7. The molecule has 0 radical (unpaired) electrons. The van der Waals surface area contributed by atoms with Gasteiger partial charge in [0.1, 0.15) is 11.4 Å². The van der Waals surface area contributed by atoms with E-state index in [4.69, 9.17) is 14.2 Å². The van der Waals surface area contributed by atoms with Gasteiger partial charge in [0.2, 0.25) is 10.0 Å². The van der Waals surface area contributed by atoms with Crippen LogP contribution in [0.5, 0.6) is 17.2 Å². The van der Waals surface area contributed by atoms with E-state index in [1.165, 1.54) is 31.9 Å². The Labute approximate surface area is 165 Å². The number of H-pyrrole nitrogens is 1. The molecular weight excluding hydrogens is 386 g/mol. The van der Waals surface area contributed by atoms with Crippen molar-refractivity contribution in [3.05, 3.63) is 17.8 Å². The molecular formula is C18H27N3O6S. The Morgan fingerprint density at radius 3 is 2.36 bits per heavy atom. The average molecular weight is 413 g/mol. The van der Waals surface area contributed by atoms with Gasteiger partial charge < -0.3 is 24.5 Å². The third-order valence-corrected chi connectivity index (χ3v) is 5.76. The Balaban J connectivity index is 2.14. The molecule has 28 heavy (non-hydrogen) atoms. The molecule has 0 bridgehead atoms. The van der Waals surface area contributed by atoms with Gasteiger partial charge >= 0.3 is 0 Å². The fraction of sp³-hybridized carbons (Fsp3) is 0.500. The van der Waals surface area contributed by atoms with Crippen LogP contribution in [0.15, 0.2) is 12.1 Å². The van der Waals surface area contributed by atoms with Crippen LogP contribution < -0.4 is 19.5 Å². The SMILES string of the molecule is CCN(CCCNC(=O)c1cc2c(OC)cc(OC)c(OC)c2[nH]1)S(C)(=O)=O. The number of benzene rings is 1. The van der Waals surface area contributed by atoms with Crippen LogP contribution in [0, 0.1) is 0 Å². The molecule has 2 rings (SSSR count). The molecule has 0 aliphatic heterocycles. The van der Waals surface area contributed by atoms with E-state index in [-0.39, 0.29) is 5.91 Å². The lowest BCUT2D eigenvalue weighted by Gasteiger charge is -2.17. The standard InChI is InChI=1S/C18H27N3O6S/c1-6-21(28(5,23)24)9-7-8-19-18(22)13-10-12-14(25-2)11-15(26-3)17(27-4)16(12)20-13/h10-11,20H,6-9H2,1-5H3,(H,19,22).